The van der Waals surface area contributed by atoms with Crippen molar-refractivity contribution in [1.29, 1.82) is 0 Å². The number of carbonyl (C=O) groups excluding carboxylic acids is 5. The predicted molar refractivity (Wildman–Crippen MR) is 242 cm³/mol. The number of carbonyl (C=O) groups is 5. The van der Waals surface area contributed by atoms with Crippen molar-refractivity contribution < 1.29 is 38.9 Å². The van der Waals surface area contributed by atoms with Crippen molar-refractivity contribution in [3.63, 3.8) is 0 Å². The Morgan fingerprint density at radius 3 is 1.71 bits per heavy atom. The van der Waals surface area contributed by atoms with Gasteiger partial charge in [0.05, 0.1) is 25.4 Å². The van der Waals surface area contributed by atoms with E-state index in [4.69, 9.17) is 10.5 Å². The SMILES string of the molecule is COC(=O)CCC(C)[C@H]1CCC2C3C(O)C[C@@H]4C[C@@H](NC(=O)[C@H](CC(C)C)NC(=O)[C@H](CC(C)C)NC(=O)[C@H](CC(C)C)NC(=O)[C@@H](N)CC(C)C)CC[C@]4(C)C3C[C@H](O)[C@@]21C. The summed E-state index contributed by atoms with van der Waals surface area (Å²) in [6.07, 6.45) is 7.30. The van der Waals surface area contributed by atoms with Crippen LogP contribution in [0, 0.1) is 70.0 Å². The highest BCUT2D eigenvalue weighted by molar-refractivity contribution is 5.94. The van der Waals surface area contributed by atoms with Crippen molar-refractivity contribution in [2.45, 2.75) is 202 Å². The third-order valence-corrected chi connectivity index (χ3v) is 16.0. The number of rotatable bonds is 20. The minimum Gasteiger partial charge on any atom is -0.469 e. The first-order valence-corrected chi connectivity index (χ1v) is 24.3. The Kier molecular flexibility index (Phi) is 18.4. The fourth-order valence-corrected chi connectivity index (χ4v) is 12.8. The summed E-state index contributed by atoms with van der Waals surface area (Å²) in [7, 11) is 1.42. The molecule has 0 aromatic heterocycles. The van der Waals surface area contributed by atoms with Gasteiger partial charge in [0.1, 0.15) is 18.1 Å². The van der Waals surface area contributed by atoms with Crippen LogP contribution in [0.1, 0.15) is 160 Å². The highest BCUT2D eigenvalue weighted by Crippen LogP contribution is 2.68. The second-order valence-corrected chi connectivity index (χ2v) is 22.5. The molecule has 4 aliphatic rings. The van der Waals surface area contributed by atoms with E-state index in [-0.39, 0.29) is 87.9 Å². The minimum absolute atomic E-state index is 0.0544. The molecule has 8 N–H and O–H groups in total. The number of aliphatic hydroxyl groups is 2. The molecule has 356 valence electrons. The number of ether oxygens (including phenoxy) is 1. The van der Waals surface area contributed by atoms with Crippen LogP contribution in [0.15, 0.2) is 0 Å². The number of amides is 4. The monoisotopic (exact) mass is 874 g/mol. The van der Waals surface area contributed by atoms with Gasteiger partial charge in [-0.2, -0.15) is 0 Å². The fraction of sp³-hybridized carbons (Fsp3) is 0.898. The van der Waals surface area contributed by atoms with Crippen molar-refractivity contribution in [1.82, 2.24) is 21.3 Å². The molecule has 4 rings (SSSR count). The van der Waals surface area contributed by atoms with E-state index in [1.54, 1.807) is 0 Å². The third-order valence-electron chi connectivity index (χ3n) is 16.0. The van der Waals surface area contributed by atoms with Crippen LogP contribution in [0.2, 0.25) is 0 Å². The van der Waals surface area contributed by atoms with E-state index in [2.05, 4.69) is 42.0 Å². The largest absolute Gasteiger partial charge is 0.469 e. The number of methoxy groups -OCH3 is 1. The quantitative estimate of drug-likeness (QED) is 0.0756. The average Bonchev–Trinajstić information content (AvgIpc) is 3.54. The molecule has 0 aromatic carbocycles. The van der Waals surface area contributed by atoms with E-state index in [1.165, 1.54) is 7.11 Å². The molecule has 13 heteroatoms. The summed E-state index contributed by atoms with van der Waals surface area (Å²) in [4.78, 5) is 67.0. The maximum absolute atomic E-state index is 14.2. The number of nitrogens with one attached hydrogen (secondary N) is 4. The zero-order valence-corrected chi connectivity index (χ0v) is 40.4. The topological polar surface area (TPSA) is 209 Å². The van der Waals surface area contributed by atoms with Crippen molar-refractivity contribution in [2.24, 2.45) is 75.7 Å². The maximum Gasteiger partial charge on any atom is 0.305 e. The average molecular weight is 874 g/mol. The lowest BCUT2D eigenvalue weighted by atomic mass is 9.43. The maximum atomic E-state index is 14.2. The summed E-state index contributed by atoms with van der Waals surface area (Å²) >= 11 is 0. The molecule has 15 atom stereocenters. The summed E-state index contributed by atoms with van der Waals surface area (Å²) in [6.45, 7) is 22.6. The standard InChI is InChI=1S/C49H87N5O8/c1-26(2)19-36(50)44(58)52-38(21-28(5)6)46(60)54-39(22-29(7)8)47(61)53-37(20-27(3)4)45(59)51-32-17-18-48(10)31(23-32)24-40(55)43-34-15-14-33(30(9)13-16-42(57)62-12)49(34,11)41(56)25-35(43)48/h26-41,43,55-56H,13-25,50H2,1-12H3,(H,51,59)(H,52,58)(H,53,61)(H,54,60)/t30?,31-,32-,33+,34?,35?,36-,37-,38-,39-,40?,41-,43?,48-,49+/m0/s1. The predicted octanol–water partition coefficient (Wildman–Crippen LogP) is 5.63. The molecule has 5 unspecified atom stereocenters. The molecule has 13 nitrogen and oxygen atoms in total. The number of fused-ring (bicyclic) bond motifs is 5. The number of hydrogen-bond donors (Lipinski definition) is 7. The van der Waals surface area contributed by atoms with Crippen LogP contribution < -0.4 is 27.0 Å². The highest BCUT2D eigenvalue weighted by atomic mass is 16.5. The first kappa shape index (κ1) is 51.9. The van der Waals surface area contributed by atoms with Gasteiger partial charge in [0.25, 0.3) is 0 Å². The molecule has 0 spiro atoms. The first-order valence-electron chi connectivity index (χ1n) is 24.3. The van der Waals surface area contributed by atoms with Gasteiger partial charge >= 0.3 is 5.97 Å². The lowest BCUT2D eigenvalue weighted by Gasteiger charge is -2.63. The number of esters is 1. The molecule has 0 heterocycles. The Bertz CT molecular complexity index is 1540. The highest BCUT2D eigenvalue weighted by Gasteiger charge is 2.65. The van der Waals surface area contributed by atoms with Crippen LogP contribution in [-0.2, 0) is 28.7 Å². The molecule has 4 amide bonds. The smallest absolute Gasteiger partial charge is 0.305 e. The summed E-state index contributed by atoms with van der Waals surface area (Å²) in [5.74, 6) is -0.165. The van der Waals surface area contributed by atoms with Gasteiger partial charge in [0, 0.05) is 12.5 Å². The Labute approximate surface area is 373 Å². The van der Waals surface area contributed by atoms with Gasteiger partial charge < -0.3 is 42.0 Å². The molecule has 4 saturated carbocycles. The number of hydrogen-bond acceptors (Lipinski definition) is 9. The lowest BCUT2D eigenvalue weighted by Crippen LogP contribution is -2.63. The van der Waals surface area contributed by atoms with Gasteiger partial charge in [-0.3, -0.25) is 24.0 Å². The van der Waals surface area contributed by atoms with Crippen LogP contribution >= 0.6 is 0 Å². The molecule has 0 aromatic rings. The minimum atomic E-state index is -0.918. The Morgan fingerprint density at radius 1 is 0.677 bits per heavy atom. The van der Waals surface area contributed by atoms with E-state index < -0.39 is 54.1 Å². The van der Waals surface area contributed by atoms with Gasteiger partial charge in [0.15, 0.2) is 0 Å². The van der Waals surface area contributed by atoms with Gasteiger partial charge in [-0.05, 0) is 147 Å². The first-order chi connectivity index (χ1) is 28.9. The summed E-state index contributed by atoms with van der Waals surface area (Å²) in [5.41, 5.74) is 5.73. The molecule has 0 bridgehead atoms. The molecule has 4 fully saturated rings. The molecular weight excluding hydrogens is 787 g/mol. The van der Waals surface area contributed by atoms with Crippen LogP contribution in [-0.4, -0.2) is 89.3 Å². The van der Waals surface area contributed by atoms with E-state index in [9.17, 15) is 34.2 Å². The molecular formula is C49H87N5O8. The Hall–Kier alpha value is -2.77. The summed E-state index contributed by atoms with van der Waals surface area (Å²) in [5, 5.41) is 36.1. The van der Waals surface area contributed by atoms with E-state index in [1.807, 2.05) is 55.4 Å². The molecule has 0 aliphatic heterocycles. The number of nitrogens with two attached hydrogens (primary N) is 1. The molecule has 62 heavy (non-hydrogen) atoms. The third kappa shape index (κ3) is 12.3. The Balaban J connectivity index is 1.44. The summed E-state index contributed by atoms with van der Waals surface area (Å²) in [6, 6.07) is -3.49. The van der Waals surface area contributed by atoms with E-state index in [0.29, 0.717) is 51.4 Å². The molecule has 0 radical (unpaired) electrons. The lowest BCUT2D eigenvalue weighted by molar-refractivity contribution is -0.202. The van der Waals surface area contributed by atoms with Crippen molar-refractivity contribution in [3.8, 4) is 0 Å². The van der Waals surface area contributed by atoms with Gasteiger partial charge in [-0.25, -0.2) is 0 Å². The van der Waals surface area contributed by atoms with Crippen molar-refractivity contribution >= 4 is 29.6 Å². The Morgan fingerprint density at radius 2 is 1.19 bits per heavy atom. The van der Waals surface area contributed by atoms with Crippen molar-refractivity contribution in [3.05, 3.63) is 0 Å². The van der Waals surface area contributed by atoms with Gasteiger partial charge in [0.2, 0.25) is 23.6 Å². The fourth-order valence-electron chi connectivity index (χ4n) is 12.8. The van der Waals surface area contributed by atoms with Crippen LogP contribution in [0.25, 0.3) is 0 Å². The molecule has 4 aliphatic carbocycles. The van der Waals surface area contributed by atoms with Crippen LogP contribution in [0.4, 0.5) is 0 Å². The zero-order valence-electron chi connectivity index (χ0n) is 40.4. The van der Waals surface area contributed by atoms with E-state index in [0.717, 1.165) is 32.1 Å². The van der Waals surface area contributed by atoms with Gasteiger partial charge in [-0.1, -0.05) is 76.2 Å². The second kappa shape index (κ2) is 21.9. The second-order valence-electron chi connectivity index (χ2n) is 22.5. The van der Waals surface area contributed by atoms with Crippen LogP contribution in [0.3, 0.4) is 0 Å². The zero-order chi connectivity index (χ0) is 46.4. The molecule has 0 saturated heterocycles. The normalized spacial score (nSPS) is 33.1. The van der Waals surface area contributed by atoms with Gasteiger partial charge in [-0.15, -0.1) is 0 Å². The van der Waals surface area contributed by atoms with E-state index >= 15 is 0 Å². The van der Waals surface area contributed by atoms with Crippen molar-refractivity contribution in [2.75, 3.05) is 7.11 Å². The number of aliphatic hydroxyl groups excluding tert-OH is 2. The summed E-state index contributed by atoms with van der Waals surface area (Å²) < 4.78 is 4.91. The van der Waals surface area contributed by atoms with Crippen LogP contribution in [0.5, 0.6) is 0 Å².